The Labute approximate surface area is 98.8 Å². The summed E-state index contributed by atoms with van der Waals surface area (Å²) in [5.41, 5.74) is 0. The summed E-state index contributed by atoms with van der Waals surface area (Å²) >= 11 is 0. The molecule has 4 heteroatoms. The second-order valence-electron chi connectivity index (χ2n) is 4.90. The number of nitrogens with one attached hydrogen (secondary N) is 2. The van der Waals surface area contributed by atoms with Crippen molar-refractivity contribution in [1.29, 1.82) is 0 Å². The lowest BCUT2D eigenvalue weighted by Crippen LogP contribution is -2.45. The average Bonchev–Trinajstić information content (AvgIpc) is 2.26. The van der Waals surface area contributed by atoms with Gasteiger partial charge in [0.2, 0.25) is 5.91 Å². The van der Waals surface area contributed by atoms with Crippen molar-refractivity contribution in [3.8, 4) is 0 Å². The number of likely N-dealkylation sites (N-methyl/N-ethyl adjacent to an activating group) is 1. The van der Waals surface area contributed by atoms with Gasteiger partial charge in [0.1, 0.15) is 0 Å². The number of hydrogen-bond acceptors (Lipinski definition) is 3. The van der Waals surface area contributed by atoms with E-state index in [2.05, 4.69) is 15.5 Å². The van der Waals surface area contributed by atoms with Gasteiger partial charge in [0, 0.05) is 31.6 Å². The summed E-state index contributed by atoms with van der Waals surface area (Å²) in [6, 6.07) is 0.848. The molecule has 1 aliphatic rings. The number of piperidine rings is 1. The van der Waals surface area contributed by atoms with Gasteiger partial charge >= 0.3 is 0 Å². The highest BCUT2D eigenvalue weighted by atomic mass is 16.1. The highest BCUT2D eigenvalue weighted by molar-refractivity contribution is 5.76. The van der Waals surface area contributed by atoms with Crippen molar-refractivity contribution in [2.45, 2.75) is 45.2 Å². The molecule has 1 saturated heterocycles. The number of carbonyl (C=O) groups is 1. The van der Waals surface area contributed by atoms with Crippen molar-refractivity contribution in [3.05, 3.63) is 0 Å². The van der Waals surface area contributed by atoms with Crippen molar-refractivity contribution in [2.75, 3.05) is 26.7 Å². The van der Waals surface area contributed by atoms with Crippen LogP contribution >= 0.6 is 0 Å². The van der Waals surface area contributed by atoms with Crippen LogP contribution in [0.2, 0.25) is 0 Å². The summed E-state index contributed by atoms with van der Waals surface area (Å²) < 4.78 is 0. The fourth-order valence-electron chi connectivity index (χ4n) is 2.15. The zero-order valence-electron chi connectivity index (χ0n) is 10.8. The molecule has 0 aromatic heterocycles. The van der Waals surface area contributed by atoms with E-state index in [4.69, 9.17) is 0 Å². The van der Waals surface area contributed by atoms with Crippen molar-refractivity contribution >= 4 is 5.91 Å². The zero-order chi connectivity index (χ0) is 12.0. The minimum Gasteiger partial charge on any atom is -0.354 e. The first kappa shape index (κ1) is 13.5. The first-order valence-electron chi connectivity index (χ1n) is 6.30. The first-order valence-corrected chi connectivity index (χ1v) is 6.30. The average molecular weight is 227 g/mol. The fraction of sp³-hybridized carbons (Fsp3) is 0.917. The molecule has 1 heterocycles. The van der Waals surface area contributed by atoms with E-state index in [-0.39, 0.29) is 11.9 Å². The second-order valence-corrected chi connectivity index (χ2v) is 4.90. The van der Waals surface area contributed by atoms with Gasteiger partial charge in [-0.2, -0.15) is 0 Å². The quantitative estimate of drug-likeness (QED) is 0.722. The van der Waals surface area contributed by atoms with Gasteiger partial charge in [0.25, 0.3) is 0 Å². The maximum absolute atomic E-state index is 11.5. The molecule has 0 saturated carbocycles. The topological polar surface area (TPSA) is 44.4 Å². The number of carbonyl (C=O) groups excluding carboxylic acids is 1. The Bertz CT molecular complexity index is 218. The maximum atomic E-state index is 11.5. The van der Waals surface area contributed by atoms with E-state index in [1.165, 1.54) is 12.8 Å². The van der Waals surface area contributed by atoms with E-state index in [0.717, 1.165) is 19.6 Å². The lowest BCUT2D eigenvalue weighted by Gasteiger charge is -2.32. The highest BCUT2D eigenvalue weighted by Crippen LogP contribution is 2.09. The molecule has 16 heavy (non-hydrogen) atoms. The summed E-state index contributed by atoms with van der Waals surface area (Å²) in [6.45, 7) is 7.08. The Morgan fingerprint density at radius 2 is 2.25 bits per heavy atom. The lowest BCUT2D eigenvalue weighted by molar-refractivity contribution is -0.122. The van der Waals surface area contributed by atoms with E-state index in [1.54, 1.807) is 0 Å². The summed E-state index contributed by atoms with van der Waals surface area (Å²) in [6.07, 6.45) is 3.11. The number of amides is 1. The molecular formula is C12H25N3O. The summed E-state index contributed by atoms with van der Waals surface area (Å²) in [5, 5.41) is 6.24. The number of rotatable bonds is 5. The van der Waals surface area contributed by atoms with E-state index < -0.39 is 0 Å². The molecule has 1 atom stereocenters. The van der Waals surface area contributed by atoms with Gasteiger partial charge in [-0.1, -0.05) is 0 Å². The van der Waals surface area contributed by atoms with Crippen molar-refractivity contribution in [1.82, 2.24) is 15.5 Å². The number of hydrogen-bond donors (Lipinski definition) is 2. The van der Waals surface area contributed by atoms with Crippen molar-refractivity contribution < 1.29 is 4.79 Å². The Balaban J connectivity index is 2.19. The molecule has 0 aromatic carbocycles. The SMILES string of the molecule is CNC1CCCN(CCC(=O)NC(C)C)C1. The molecule has 1 amide bonds. The molecule has 0 aliphatic carbocycles. The third-order valence-corrected chi connectivity index (χ3v) is 3.02. The van der Waals surface area contributed by atoms with Gasteiger partial charge in [-0.15, -0.1) is 0 Å². The van der Waals surface area contributed by atoms with Gasteiger partial charge in [0.15, 0.2) is 0 Å². The van der Waals surface area contributed by atoms with Crippen LogP contribution in [0.1, 0.15) is 33.1 Å². The molecule has 1 rings (SSSR count). The smallest absolute Gasteiger partial charge is 0.221 e. The molecule has 2 N–H and O–H groups in total. The Morgan fingerprint density at radius 1 is 1.50 bits per heavy atom. The predicted octanol–water partition coefficient (Wildman–Crippen LogP) is 0.585. The van der Waals surface area contributed by atoms with Crippen LogP contribution in [0, 0.1) is 0 Å². The number of likely N-dealkylation sites (tertiary alicyclic amines) is 1. The standard InChI is InChI=1S/C12H25N3O/c1-10(2)14-12(16)6-8-15-7-4-5-11(9-15)13-3/h10-11,13H,4-9H2,1-3H3,(H,14,16). The van der Waals surface area contributed by atoms with Crippen LogP contribution < -0.4 is 10.6 Å². The van der Waals surface area contributed by atoms with Crippen molar-refractivity contribution in [2.24, 2.45) is 0 Å². The van der Waals surface area contributed by atoms with Gasteiger partial charge in [-0.3, -0.25) is 4.79 Å². The van der Waals surface area contributed by atoms with Gasteiger partial charge in [-0.05, 0) is 40.3 Å². The molecule has 0 bridgehead atoms. The fourth-order valence-corrected chi connectivity index (χ4v) is 2.15. The van der Waals surface area contributed by atoms with Crippen LogP contribution in [0.4, 0.5) is 0 Å². The molecule has 1 unspecified atom stereocenters. The van der Waals surface area contributed by atoms with Crippen LogP contribution in [-0.2, 0) is 4.79 Å². The molecule has 4 nitrogen and oxygen atoms in total. The molecule has 1 fully saturated rings. The Kier molecular flexibility index (Phi) is 5.77. The van der Waals surface area contributed by atoms with Crippen LogP contribution in [-0.4, -0.2) is 49.6 Å². The van der Waals surface area contributed by atoms with Crippen LogP contribution in [0.15, 0.2) is 0 Å². The number of nitrogens with zero attached hydrogens (tertiary/aromatic N) is 1. The summed E-state index contributed by atoms with van der Waals surface area (Å²) in [5.74, 6) is 0.168. The van der Waals surface area contributed by atoms with E-state index in [1.807, 2.05) is 20.9 Å². The van der Waals surface area contributed by atoms with Crippen LogP contribution in [0.3, 0.4) is 0 Å². The molecule has 0 aromatic rings. The second kappa shape index (κ2) is 6.86. The lowest BCUT2D eigenvalue weighted by atomic mass is 10.1. The molecule has 0 spiro atoms. The van der Waals surface area contributed by atoms with E-state index in [9.17, 15) is 4.79 Å². The Morgan fingerprint density at radius 3 is 2.88 bits per heavy atom. The molecular weight excluding hydrogens is 202 g/mol. The minimum atomic E-state index is 0.168. The normalized spacial score (nSPS) is 22.4. The molecule has 94 valence electrons. The first-order chi connectivity index (χ1) is 7.61. The third-order valence-electron chi connectivity index (χ3n) is 3.02. The Hall–Kier alpha value is -0.610. The van der Waals surface area contributed by atoms with Crippen LogP contribution in [0.25, 0.3) is 0 Å². The predicted molar refractivity (Wildman–Crippen MR) is 66.4 cm³/mol. The zero-order valence-corrected chi connectivity index (χ0v) is 10.8. The summed E-state index contributed by atoms with van der Waals surface area (Å²) in [7, 11) is 2.01. The molecule has 0 radical (unpaired) electrons. The molecule has 1 aliphatic heterocycles. The van der Waals surface area contributed by atoms with E-state index in [0.29, 0.717) is 12.5 Å². The van der Waals surface area contributed by atoms with Crippen LogP contribution in [0.5, 0.6) is 0 Å². The monoisotopic (exact) mass is 227 g/mol. The van der Waals surface area contributed by atoms with Gasteiger partial charge in [0.05, 0.1) is 0 Å². The largest absolute Gasteiger partial charge is 0.354 e. The van der Waals surface area contributed by atoms with E-state index >= 15 is 0 Å². The third kappa shape index (κ3) is 4.94. The highest BCUT2D eigenvalue weighted by Gasteiger charge is 2.18. The van der Waals surface area contributed by atoms with Crippen molar-refractivity contribution in [3.63, 3.8) is 0 Å². The van der Waals surface area contributed by atoms with Gasteiger partial charge in [-0.25, -0.2) is 0 Å². The maximum Gasteiger partial charge on any atom is 0.221 e. The summed E-state index contributed by atoms with van der Waals surface area (Å²) in [4.78, 5) is 13.9. The van der Waals surface area contributed by atoms with Gasteiger partial charge < -0.3 is 15.5 Å². The minimum absolute atomic E-state index is 0.168.